The minimum absolute atomic E-state index is 0.0881. The van der Waals surface area contributed by atoms with Gasteiger partial charge in [0.1, 0.15) is 0 Å². The van der Waals surface area contributed by atoms with Gasteiger partial charge in [-0.15, -0.1) is 11.3 Å². The smallest absolute Gasteiger partial charge is 0.309 e. The van der Waals surface area contributed by atoms with Crippen LogP contribution in [0.25, 0.3) is 16.2 Å². The minimum Gasteiger partial charge on any atom is -0.481 e. The molecule has 1 aromatic carbocycles. The van der Waals surface area contributed by atoms with Crippen molar-refractivity contribution >= 4 is 45.5 Å². The van der Waals surface area contributed by atoms with Crippen LogP contribution in [-0.2, 0) is 11.2 Å². The average Bonchev–Trinajstić information content (AvgIpc) is 2.91. The first-order chi connectivity index (χ1) is 9.54. The molecule has 4 nitrogen and oxygen atoms in total. The van der Waals surface area contributed by atoms with Crippen LogP contribution < -0.4 is 0 Å². The number of halogens is 2. The molecule has 0 spiro atoms. The van der Waals surface area contributed by atoms with E-state index in [9.17, 15) is 4.79 Å². The number of fused-ring (bicyclic) bond motifs is 1. The fraction of sp³-hybridized carbons (Fsp3) is 0.0769. The number of carbonyl (C=O) groups is 1. The van der Waals surface area contributed by atoms with Crippen LogP contribution in [-0.4, -0.2) is 20.5 Å². The van der Waals surface area contributed by atoms with Gasteiger partial charge in [0.15, 0.2) is 4.96 Å². The molecule has 20 heavy (non-hydrogen) atoms. The van der Waals surface area contributed by atoms with Crippen LogP contribution in [0.3, 0.4) is 0 Å². The van der Waals surface area contributed by atoms with Crippen LogP contribution in [0.1, 0.15) is 5.69 Å². The summed E-state index contributed by atoms with van der Waals surface area (Å²) in [5.41, 5.74) is 2.35. The molecule has 3 rings (SSSR count). The quantitative estimate of drug-likeness (QED) is 0.791. The van der Waals surface area contributed by atoms with Crippen molar-refractivity contribution in [2.24, 2.45) is 0 Å². The summed E-state index contributed by atoms with van der Waals surface area (Å²) in [6.45, 7) is 0. The lowest BCUT2D eigenvalue weighted by molar-refractivity contribution is -0.136. The zero-order valence-electron chi connectivity index (χ0n) is 10.0. The molecule has 0 amide bonds. The van der Waals surface area contributed by atoms with Gasteiger partial charge in [-0.05, 0) is 12.1 Å². The Bertz CT molecular complexity index is 810. The van der Waals surface area contributed by atoms with Gasteiger partial charge in [0.05, 0.1) is 27.9 Å². The van der Waals surface area contributed by atoms with E-state index in [0.717, 1.165) is 16.2 Å². The van der Waals surface area contributed by atoms with E-state index in [0.29, 0.717) is 15.7 Å². The molecule has 2 heterocycles. The van der Waals surface area contributed by atoms with Gasteiger partial charge in [0.25, 0.3) is 0 Å². The van der Waals surface area contributed by atoms with Crippen molar-refractivity contribution in [3.8, 4) is 11.3 Å². The Balaban J connectivity index is 2.08. The lowest BCUT2D eigenvalue weighted by atomic mass is 10.2. The number of nitrogens with zero attached hydrogens (tertiary/aromatic N) is 2. The second-order valence-corrected chi connectivity index (χ2v) is 5.86. The highest BCUT2D eigenvalue weighted by Gasteiger charge is 2.12. The predicted octanol–water partition coefficient (Wildman–Crippen LogP) is 4.00. The summed E-state index contributed by atoms with van der Waals surface area (Å²) in [5.74, 6) is -0.896. The molecule has 0 fully saturated rings. The van der Waals surface area contributed by atoms with Gasteiger partial charge in [-0.3, -0.25) is 9.20 Å². The molecule has 0 aliphatic rings. The molecule has 0 aliphatic heterocycles. The molecule has 102 valence electrons. The Labute approximate surface area is 128 Å². The fourth-order valence-electron chi connectivity index (χ4n) is 1.93. The Morgan fingerprint density at radius 2 is 2.15 bits per heavy atom. The second kappa shape index (κ2) is 5.09. The Hall–Kier alpha value is -1.56. The van der Waals surface area contributed by atoms with Crippen molar-refractivity contribution in [1.82, 2.24) is 9.38 Å². The van der Waals surface area contributed by atoms with Crippen LogP contribution in [0.2, 0.25) is 10.0 Å². The standard InChI is InChI=1S/C13H8Cl2N2O2S/c14-9-2-1-7(3-10(9)15)11-6-20-13-16-8(4-12(18)19)5-17(11)13/h1-3,5-6H,4H2,(H,18,19). The number of rotatable bonds is 3. The molecule has 0 radical (unpaired) electrons. The van der Waals surface area contributed by atoms with E-state index in [2.05, 4.69) is 4.98 Å². The third kappa shape index (κ3) is 2.40. The van der Waals surface area contributed by atoms with Gasteiger partial charge in [-0.1, -0.05) is 29.3 Å². The molecular formula is C13H8Cl2N2O2S. The van der Waals surface area contributed by atoms with Gasteiger partial charge < -0.3 is 5.11 Å². The number of thiazole rings is 1. The summed E-state index contributed by atoms with van der Waals surface area (Å²) >= 11 is 13.4. The molecule has 0 saturated heterocycles. The van der Waals surface area contributed by atoms with E-state index in [4.69, 9.17) is 28.3 Å². The molecule has 0 saturated carbocycles. The molecule has 0 aliphatic carbocycles. The third-order valence-corrected chi connectivity index (χ3v) is 4.39. The Morgan fingerprint density at radius 3 is 2.85 bits per heavy atom. The highest BCUT2D eigenvalue weighted by Crippen LogP contribution is 2.31. The highest BCUT2D eigenvalue weighted by molar-refractivity contribution is 7.15. The first-order valence-electron chi connectivity index (χ1n) is 5.67. The number of carboxylic acids is 1. The summed E-state index contributed by atoms with van der Waals surface area (Å²) in [6, 6.07) is 5.38. The summed E-state index contributed by atoms with van der Waals surface area (Å²) in [4.78, 5) is 15.8. The van der Waals surface area contributed by atoms with Crippen molar-refractivity contribution in [2.45, 2.75) is 6.42 Å². The van der Waals surface area contributed by atoms with Crippen LogP contribution in [0.4, 0.5) is 0 Å². The van der Waals surface area contributed by atoms with Crippen LogP contribution in [0, 0.1) is 0 Å². The van der Waals surface area contributed by atoms with Gasteiger partial charge in [0, 0.05) is 17.1 Å². The first kappa shape index (κ1) is 13.4. The van der Waals surface area contributed by atoms with E-state index in [1.807, 2.05) is 15.8 Å². The zero-order valence-corrected chi connectivity index (χ0v) is 12.3. The minimum atomic E-state index is -0.896. The maximum Gasteiger partial charge on any atom is 0.309 e. The number of hydrogen-bond acceptors (Lipinski definition) is 3. The lowest BCUT2D eigenvalue weighted by Gasteiger charge is -2.02. The normalized spacial score (nSPS) is 11.1. The van der Waals surface area contributed by atoms with Crippen LogP contribution in [0.15, 0.2) is 29.8 Å². The second-order valence-electron chi connectivity index (χ2n) is 4.21. The van der Waals surface area contributed by atoms with Crippen LogP contribution >= 0.6 is 34.5 Å². The molecule has 0 bridgehead atoms. The number of imidazole rings is 1. The van der Waals surface area contributed by atoms with Crippen molar-refractivity contribution in [2.75, 3.05) is 0 Å². The SMILES string of the molecule is O=C(O)Cc1cn2c(-c3ccc(Cl)c(Cl)c3)csc2n1. The monoisotopic (exact) mass is 326 g/mol. The summed E-state index contributed by atoms with van der Waals surface area (Å²) < 4.78 is 1.86. The maximum absolute atomic E-state index is 10.7. The highest BCUT2D eigenvalue weighted by atomic mass is 35.5. The Morgan fingerprint density at radius 1 is 1.35 bits per heavy atom. The summed E-state index contributed by atoms with van der Waals surface area (Å²) in [6.07, 6.45) is 1.65. The van der Waals surface area contributed by atoms with Crippen molar-refractivity contribution in [1.29, 1.82) is 0 Å². The number of aliphatic carboxylic acids is 1. The topological polar surface area (TPSA) is 54.6 Å². The molecule has 2 aromatic heterocycles. The number of carboxylic acid groups (broad SMARTS) is 1. The molecule has 0 atom stereocenters. The molecular weight excluding hydrogens is 319 g/mol. The average molecular weight is 327 g/mol. The maximum atomic E-state index is 10.7. The molecule has 1 N–H and O–H groups in total. The van der Waals surface area contributed by atoms with Gasteiger partial charge in [0.2, 0.25) is 0 Å². The van der Waals surface area contributed by atoms with E-state index in [-0.39, 0.29) is 6.42 Å². The van der Waals surface area contributed by atoms with E-state index in [1.54, 1.807) is 18.3 Å². The number of hydrogen-bond donors (Lipinski definition) is 1. The van der Waals surface area contributed by atoms with E-state index < -0.39 is 5.97 Å². The zero-order chi connectivity index (χ0) is 14.3. The Kier molecular flexibility index (Phi) is 3.41. The first-order valence-corrected chi connectivity index (χ1v) is 7.31. The van der Waals surface area contributed by atoms with Gasteiger partial charge in [-0.2, -0.15) is 0 Å². The predicted molar refractivity (Wildman–Crippen MR) is 79.9 cm³/mol. The van der Waals surface area contributed by atoms with Crippen molar-refractivity contribution in [3.05, 3.63) is 45.5 Å². The van der Waals surface area contributed by atoms with Crippen molar-refractivity contribution in [3.63, 3.8) is 0 Å². The number of benzene rings is 1. The van der Waals surface area contributed by atoms with E-state index >= 15 is 0 Å². The summed E-state index contributed by atoms with van der Waals surface area (Å²) in [5, 5.41) is 11.7. The van der Waals surface area contributed by atoms with Crippen molar-refractivity contribution < 1.29 is 9.90 Å². The molecule has 7 heteroatoms. The van der Waals surface area contributed by atoms with Crippen LogP contribution in [0.5, 0.6) is 0 Å². The van der Waals surface area contributed by atoms with Gasteiger partial charge >= 0.3 is 5.97 Å². The summed E-state index contributed by atoms with van der Waals surface area (Å²) in [7, 11) is 0. The lowest BCUT2D eigenvalue weighted by Crippen LogP contribution is -1.99. The molecule has 0 unspecified atom stereocenters. The van der Waals surface area contributed by atoms with Gasteiger partial charge in [-0.25, -0.2) is 4.98 Å². The largest absolute Gasteiger partial charge is 0.481 e. The molecule has 3 aromatic rings. The fourth-order valence-corrected chi connectivity index (χ4v) is 3.13. The van der Waals surface area contributed by atoms with E-state index in [1.165, 1.54) is 11.3 Å². The third-order valence-electron chi connectivity index (χ3n) is 2.81. The number of aromatic nitrogens is 2.